The van der Waals surface area contributed by atoms with Crippen LogP contribution in [0.3, 0.4) is 0 Å². The number of piperidine rings is 1. The van der Waals surface area contributed by atoms with Crippen molar-refractivity contribution >= 4 is 11.9 Å². The number of hydrogen-bond donors (Lipinski definition) is 2. The van der Waals surface area contributed by atoms with Crippen LogP contribution in [-0.4, -0.2) is 47.6 Å². The first-order valence-corrected chi connectivity index (χ1v) is 7.59. The average Bonchev–Trinajstić information content (AvgIpc) is 2.84. The van der Waals surface area contributed by atoms with Gasteiger partial charge in [0.25, 0.3) is 0 Å². The third-order valence-corrected chi connectivity index (χ3v) is 5.10. The molecule has 20 heavy (non-hydrogen) atoms. The molecular formula is C15H26N2O3. The largest absolute Gasteiger partial charge is 0.481 e. The van der Waals surface area contributed by atoms with Crippen molar-refractivity contribution < 1.29 is 14.7 Å². The minimum absolute atomic E-state index is 0.0365. The van der Waals surface area contributed by atoms with Crippen LogP contribution >= 0.6 is 0 Å². The second kappa shape index (κ2) is 5.72. The first-order valence-electron chi connectivity index (χ1n) is 7.59. The van der Waals surface area contributed by atoms with Crippen LogP contribution in [0.15, 0.2) is 0 Å². The Bertz CT molecular complexity index is 395. The molecule has 0 spiro atoms. The van der Waals surface area contributed by atoms with Gasteiger partial charge in [-0.25, -0.2) is 0 Å². The van der Waals surface area contributed by atoms with Crippen molar-refractivity contribution in [2.45, 2.75) is 46.1 Å². The Hall–Kier alpha value is -1.10. The van der Waals surface area contributed by atoms with Crippen LogP contribution in [0.1, 0.15) is 40.0 Å². The van der Waals surface area contributed by atoms with E-state index in [2.05, 4.69) is 12.2 Å². The number of rotatable bonds is 3. The number of carbonyl (C=O) groups is 2. The summed E-state index contributed by atoms with van der Waals surface area (Å²) in [5, 5.41) is 12.6. The fourth-order valence-electron chi connectivity index (χ4n) is 3.30. The number of carboxylic acids is 1. The monoisotopic (exact) mass is 282 g/mol. The molecule has 2 aliphatic rings. The van der Waals surface area contributed by atoms with E-state index in [0.717, 1.165) is 32.4 Å². The van der Waals surface area contributed by atoms with E-state index in [9.17, 15) is 14.7 Å². The molecule has 3 atom stereocenters. The molecule has 0 radical (unpaired) electrons. The lowest BCUT2D eigenvalue weighted by molar-refractivity contribution is -0.153. The molecule has 5 nitrogen and oxygen atoms in total. The molecule has 3 unspecified atom stereocenters. The van der Waals surface area contributed by atoms with Gasteiger partial charge in [-0.3, -0.25) is 9.59 Å². The van der Waals surface area contributed by atoms with Crippen molar-refractivity contribution in [3.8, 4) is 0 Å². The van der Waals surface area contributed by atoms with Crippen molar-refractivity contribution in [1.82, 2.24) is 10.2 Å². The zero-order valence-corrected chi connectivity index (χ0v) is 12.7. The first kappa shape index (κ1) is 15.3. The van der Waals surface area contributed by atoms with Crippen LogP contribution in [0.2, 0.25) is 0 Å². The Kier molecular flexibility index (Phi) is 4.37. The van der Waals surface area contributed by atoms with Crippen LogP contribution in [0, 0.1) is 17.3 Å². The molecule has 5 heteroatoms. The third-order valence-electron chi connectivity index (χ3n) is 5.10. The lowest BCUT2D eigenvalue weighted by atomic mass is 9.74. The highest BCUT2D eigenvalue weighted by atomic mass is 16.4. The normalized spacial score (nSPS) is 31.4. The fourth-order valence-corrected chi connectivity index (χ4v) is 3.30. The Balaban J connectivity index is 2.03. The van der Waals surface area contributed by atoms with Crippen LogP contribution in [0.25, 0.3) is 0 Å². The van der Waals surface area contributed by atoms with E-state index in [1.165, 1.54) is 0 Å². The molecule has 2 heterocycles. The molecule has 0 aromatic heterocycles. The minimum atomic E-state index is -0.774. The number of nitrogens with one attached hydrogen (secondary N) is 1. The predicted octanol–water partition coefficient (Wildman–Crippen LogP) is 1.33. The van der Waals surface area contributed by atoms with Crippen LogP contribution in [0.4, 0.5) is 0 Å². The first-order chi connectivity index (χ1) is 9.34. The van der Waals surface area contributed by atoms with Crippen molar-refractivity contribution in [2.24, 2.45) is 17.3 Å². The standard InChI is InChI=1S/C15H26N2O3/c1-10-6-7-16-12(10)13(18)17-8-4-5-11(9-17)15(2,3)14(19)20/h10-12,16H,4-9H2,1-3H3,(H,19,20). The lowest BCUT2D eigenvalue weighted by Crippen LogP contribution is -2.52. The highest BCUT2D eigenvalue weighted by Crippen LogP contribution is 2.34. The molecule has 1 amide bonds. The summed E-state index contributed by atoms with van der Waals surface area (Å²) in [5.41, 5.74) is -0.770. The van der Waals surface area contributed by atoms with Crippen molar-refractivity contribution in [2.75, 3.05) is 19.6 Å². The molecule has 2 saturated heterocycles. The molecule has 114 valence electrons. The highest BCUT2D eigenvalue weighted by molar-refractivity contribution is 5.83. The van der Waals surface area contributed by atoms with Gasteiger partial charge in [0.05, 0.1) is 11.5 Å². The Labute approximate surface area is 120 Å². The summed E-state index contributed by atoms with van der Waals surface area (Å²) in [6, 6.07) is -0.0818. The van der Waals surface area contributed by atoms with Gasteiger partial charge in [0, 0.05) is 13.1 Å². The maximum absolute atomic E-state index is 12.6. The molecule has 0 aromatic rings. The van der Waals surface area contributed by atoms with Crippen molar-refractivity contribution in [3.05, 3.63) is 0 Å². The zero-order valence-electron chi connectivity index (χ0n) is 12.7. The van der Waals surface area contributed by atoms with Crippen LogP contribution in [0.5, 0.6) is 0 Å². The summed E-state index contributed by atoms with van der Waals surface area (Å²) in [6.07, 6.45) is 2.82. The van der Waals surface area contributed by atoms with Gasteiger partial charge in [-0.1, -0.05) is 6.92 Å². The summed E-state index contributed by atoms with van der Waals surface area (Å²) >= 11 is 0. The van der Waals surface area contributed by atoms with Gasteiger partial charge in [0.2, 0.25) is 5.91 Å². The SMILES string of the molecule is CC1CCNC1C(=O)N1CCCC(C(C)(C)C(=O)O)C1. The lowest BCUT2D eigenvalue weighted by Gasteiger charge is -2.40. The number of amides is 1. The van der Waals surface area contributed by atoms with Crippen LogP contribution in [-0.2, 0) is 9.59 Å². The second-order valence-corrected chi connectivity index (χ2v) is 6.85. The molecule has 0 aromatic carbocycles. The predicted molar refractivity (Wildman–Crippen MR) is 76.3 cm³/mol. The summed E-state index contributed by atoms with van der Waals surface area (Å²) < 4.78 is 0. The molecule has 0 saturated carbocycles. The van der Waals surface area contributed by atoms with Gasteiger partial charge in [0.1, 0.15) is 0 Å². The topological polar surface area (TPSA) is 69.6 Å². The highest BCUT2D eigenvalue weighted by Gasteiger charge is 2.41. The van der Waals surface area contributed by atoms with E-state index in [4.69, 9.17) is 0 Å². The number of nitrogens with zero attached hydrogens (tertiary/aromatic N) is 1. The van der Waals surface area contributed by atoms with E-state index in [1.807, 2.05) is 4.90 Å². The van der Waals surface area contributed by atoms with E-state index in [0.29, 0.717) is 12.5 Å². The molecule has 0 bridgehead atoms. The number of carboxylic acid groups (broad SMARTS) is 1. The second-order valence-electron chi connectivity index (χ2n) is 6.85. The van der Waals surface area contributed by atoms with Gasteiger partial charge in [-0.2, -0.15) is 0 Å². The Morgan fingerprint density at radius 1 is 1.30 bits per heavy atom. The van der Waals surface area contributed by atoms with E-state index < -0.39 is 11.4 Å². The molecule has 2 aliphatic heterocycles. The smallest absolute Gasteiger partial charge is 0.309 e. The quantitative estimate of drug-likeness (QED) is 0.819. The fraction of sp³-hybridized carbons (Fsp3) is 0.867. The van der Waals surface area contributed by atoms with Gasteiger partial charge in [-0.05, 0) is 51.5 Å². The third kappa shape index (κ3) is 2.82. The summed E-state index contributed by atoms with van der Waals surface area (Å²) in [5.74, 6) is -0.213. The minimum Gasteiger partial charge on any atom is -0.481 e. The van der Waals surface area contributed by atoms with Crippen molar-refractivity contribution in [1.29, 1.82) is 0 Å². The summed E-state index contributed by atoms with van der Waals surface area (Å²) in [7, 11) is 0. The number of likely N-dealkylation sites (tertiary alicyclic amines) is 1. The molecule has 2 N–H and O–H groups in total. The zero-order chi connectivity index (χ0) is 14.9. The molecule has 2 fully saturated rings. The average molecular weight is 282 g/mol. The van der Waals surface area contributed by atoms with Crippen molar-refractivity contribution in [3.63, 3.8) is 0 Å². The van der Waals surface area contributed by atoms with E-state index in [1.54, 1.807) is 13.8 Å². The number of hydrogen-bond acceptors (Lipinski definition) is 3. The molecule has 0 aliphatic carbocycles. The summed E-state index contributed by atoms with van der Waals surface area (Å²) in [4.78, 5) is 25.8. The summed E-state index contributed by atoms with van der Waals surface area (Å²) in [6.45, 7) is 7.87. The van der Waals surface area contributed by atoms with Gasteiger partial charge >= 0.3 is 5.97 Å². The molecular weight excluding hydrogens is 256 g/mol. The number of carbonyl (C=O) groups excluding carboxylic acids is 1. The van der Waals surface area contributed by atoms with Gasteiger partial charge in [0.15, 0.2) is 0 Å². The van der Waals surface area contributed by atoms with Crippen LogP contribution < -0.4 is 5.32 Å². The van der Waals surface area contributed by atoms with Gasteiger partial charge < -0.3 is 15.3 Å². The maximum Gasteiger partial charge on any atom is 0.309 e. The maximum atomic E-state index is 12.6. The van der Waals surface area contributed by atoms with Gasteiger partial charge in [-0.15, -0.1) is 0 Å². The van der Waals surface area contributed by atoms with E-state index in [-0.39, 0.29) is 17.9 Å². The Morgan fingerprint density at radius 2 is 2.00 bits per heavy atom. The Morgan fingerprint density at radius 3 is 2.55 bits per heavy atom. The molecule has 2 rings (SSSR count). The van der Waals surface area contributed by atoms with E-state index >= 15 is 0 Å². The number of aliphatic carboxylic acids is 1.